The molecule has 0 aliphatic heterocycles. The van der Waals surface area contributed by atoms with E-state index >= 15 is 0 Å². The summed E-state index contributed by atoms with van der Waals surface area (Å²) in [7, 11) is 5.89. The molecule has 9 nitrogen and oxygen atoms in total. The highest BCUT2D eigenvalue weighted by Crippen LogP contribution is 2.13. The Morgan fingerprint density at radius 2 is 1.05 bits per heavy atom. The van der Waals surface area contributed by atoms with Crippen LogP contribution in [0.2, 0.25) is 0 Å². The fraction of sp³-hybridized carbons (Fsp3) is 0.912. The van der Waals surface area contributed by atoms with Crippen molar-refractivity contribution in [3.8, 4) is 0 Å². The van der Waals surface area contributed by atoms with Crippen molar-refractivity contribution in [2.75, 3.05) is 47.5 Å². The molecule has 0 radical (unpaired) electrons. The first kappa shape index (κ1) is 41.3. The van der Waals surface area contributed by atoms with Gasteiger partial charge in [-0.3, -0.25) is 9.59 Å². The van der Waals surface area contributed by atoms with Crippen LogP contribution < -0.4 is 5.11 Å². The molecule has 0 N–H and O–H groups in total. The van der Waals surface area contributed by atoms with Gasteiger partial charge in [-0.15, -0.1) is 0 Å². The molecule has 2 atom stereocenters. The summed E-state index contributed by atoms with van der Waals surface area (Å²) in [6, 6.07) is 0. The third-order valence-corrected chi connectivity index (χ3v) is 7.35. The van der Waals surface area contributed by atoms with E-state index in [0.29, 0.717) is 17.4 Å². The molecule has 0 rings (SSSR count). The van der Waals surface area contributed by atoms with Crippen LogP contribution in [-0.4, -0.2) is 82.3 Å². The first-order valence-corrected chi connectivity index (χ1v) is 17.2. The van der Waals surface area contributed by atoms with Gasteiger partial charge in [-0.25, -0.2) is 0 Å². The van der Waals surface area contributed by atoms with Gasteiger partial charge in [-0.2, -0.15) is 0 Å². The number of hydrogen-bond acceptors (Lipinski definition) is 8. The molecular formula is C34H65NO8. The van der Waals surface area contributed by atoms with Gasteiger partial charge >= 0.3 is 11.9 Å². The average molecular weight is 616 g/mol. The summed E-state index contributed by atoms with van der Waals surface area (Å²) in [6.45, 7) is 4.66. The lowest BCUT2D eigenvalue weighted by Crippen LogP contribution is -2.44. The maximum atomic E-state index is 12.6. The van der Waals surface area contributed by atoms with Crippen molar-refractivity contribution in [3.63, 3.8) is 0 Å². The maximum Gasteiger partial charge on any atom is 0.306 e. The highest BCUT2D eigenvalue weighted by Gasteiger charge is 2.21. The Hall–Kier alpha value is -1.71. The number of aliphatic carboxylic acids is 1. The lowest BCUT2D eigenvalue weighted by molar-refractivity contribution is -0.870. The van der Waals surface area contributed by atoms with E-state index in [0.717, 1.165) is 38.5 Å². The first-order valence-electron chi connectivity index (χ1n) is 17.2. The van der Waals surface area contributed by atoms with Gasteiger partial charge in [0, 0.05) is 12.8 Å². The van der Waals surface area contributed by atoms with Gasteiger partial charge < -0.3 is 33.3 Å². The van der Waals surface area contributed by atoms with Crippen molar-refractivity contribution < 1.29 is 42.9 Å². The predicted molar refractivity (Wildman–Crippen MR) is 168 cm³/mol. The SMILES string of the molecule is CCCCCCCCCCCCCC(=O)OC(COC(=O)CCCCCCCCC)COC(OCC[N+](C)(C)C)C(=O)[O-]. The highest BCUT2D eigenvalue weighted by atomic mass is 16.7. The zero-order valence-corrected chi connectivity index (χ0v) is 28.3. The van der Waals surface area contributed by atoms with Gasteiger partial charge in [-0.1, -0.05) is 117 Å². The summed E-state index contributed by atoms with van der Waals surface area (Å²) in [6.07, 6.45) is 18.7. The molecule has 0 saturated heterocycles. The molecule has 0 aliphatic carbocycles. The van der Waals surface area contributed by atoms with Gasteiger partial charge in [-0.05, 0) is 12.8 Å². The van der Waals surface area contributed by atoms with Crippen LogP contribution in [0, 0.1) is 0 Å². The maximum absolute atomic E-state index is 12.6. The summed E-state index contributed by atoms with van der Waals surface area (Å²) in [5, 5.41) is 11.6. The van der Waals surface area contributed by atoms with Gasteiger partial charge in [0.25, 0.3) is 0 Å². The third-order valence-electron chi connectivity index (χ3n) is 7.35. The van der Waals surface area contributed by atoms with Crippen molar-refractivity contribution in [3.05, 3.63) is 0 Å². The monoisotopic (exact) mass is 615 g/mol. The van der Waals surface area contributed by atoms with Gasteiger partial charge in [0.1, 0.15) is 13.2 Å². The fourth-order valence-corrected chi connectivity index (χ4v) is 4.59. The van der Waals surface area contributed by atoms with E-state index in [1.165, 1.54) is 77.0 Å². The number of esters is 2. The van der Waals surface area contributed by atoms with E-state index in [4.69, 9.17) is 18.9 Å². The molecule has 254 valence electrons. The largest absolute Gasteiger partial charge is 0.545 e. The van der Waals surface area contributed by atoms with Crippen LogP contribution in [0.4, 0.5) is 0 Å². The molecule has 0 spiro atoms. The molecular weight excluding hydrogens is 550 g/mol. The number of hydrogen-bond donors (Lipinski definition) is 0. The Kier molecular flexibility index (Phi) is 26.7. The lowest BCUT2D eigenvalue weighted by Gasteiger charge is -2.26. The molecule has 0 saturated carbocycles. The number of rotatable bonds is 31. The molecule has 0 heterocycles. The second-order valence-corrected chi connectivity index (χ2v) is 12.8. The molecule has 0 aromatic carbocycles. The molecule has 0 fully saturated rings. The van der Waals surface area contributed by atoms with E-state index in [1.54, 1.807) is 0 Å². The van der Waals surface area contributed by atoms with Crippen LogP contribution in [-0.2, 0) is 33.3 Å². The number of ether oxygens (including phenoxy) is 4. The van der Waals surface area contributed by atoms with Crippen molar-refractivity contribution >= 4 is 17.9 Å². The summed E-state index contributed by atoms with van der Waals surface area (Å²) in [4.78, 5) is 36.4. The number of unbranched alkanes of at least 4 members (excludes halogenated alkanes) is 16. The third kappa shape index (κ3) is 28.8. The number of carbonyl (C=O) groups excluding carboxylic acids is 3. The smallest absolute Gasteiger partial charge is 0.306 e. The van der Waals surface area contributed by atoms with Crippen LogP contribution in [0.25, 0.3) is 0 Å². The first-order chi connectivity index (χ1) is 20.6. The zero-order valence-electron chi connectivity index (χ0n) is 28.3. The van der Waals surface area contributed by atoms with Gasteiger partial charge in [0.05, 0.1) is 40.3 Å². The predicted octanol–water partition coefficient (Wildman–Crippen LogP) is 6.10. The minimum Gasteiger partial charge on any atom is -0.545 e. The summed E-state index contributed by atoms with van der Waals surface area (Å²) in [5.41, 5.74) is 0. The number of carboxylic acids is 1. The number of nitrogens with zero attached hydrogens (tertiary/aromatic N) is 1. The quantitative estimate of drug-likeness (QED) is 0.0398. The van der Waals surface area contributed by atoms with Crippen molar-refractivity contribution in [1.29, 1.82) is 0 Å². The average Bonchev–Trinajstić information content (AvgIpc) is 2.94. The number of carbonyl (C=O) groups is 3. The fourth-order valence-electron chi connectivity index (χ4n) is 4.59. The summed E-state index contributed by atoms with van der Waals surface area (Å²) >= 11 is 0. The standard InChI is InChI=1S/C34H65NO8/c1-6-8-10-12-14-15-16-17-19-21-23-25-32(37)43-30(28-41-31(36)24-22-20-18-13-11-9-7-2)29-42-34(33(38)39)40-27-26-35(3,4)5/h30,34H,6-29H2,1-5H3. The van der Waals surface area contributed by atoms with Crippen LogP contribution in [0.3, 0.4) is 0 Å². The van der Waals surface area contributed by atoms with E-state index in [1.807, 2.05) is 21.1 Å². The minimum atomic E-state index is -1.61. The van der Waals surface area contributed by atoms with Gasteiger partial charge in [0.2, 0.25) is 0 Å². The van der Waals surface area contributed by atoms with Crippen LogP contribution in [0.1, 0.15) is 142 Å². The van der Waals surface area contributed by atoms with Crippen LogP contribution >= 0.6 is 0 Å². The summed E-state index contributed by atoms with van der Waals surface area (Å²) in [5.74, 6) is -2.29. The molecule has 0 aromatic rings. The molecule has 0 bridgehead atoms. The van der Waals surface area contributed by atoms with E-state index in [-0.39, 0.29) is 32.2 Å². The Labute approximate surface area is 262 Å². The van der Waals surface area contributed by atoms with Gasteiger partial charge in [0.15, 0.2) is 12.4 Å². The van der Waals surface area contributed by atoms with E-state index < -0.39 is 24.3 Å². The van der Waals surface area contributed by atoms with E-state index in [9.17, 15) is 19.5 Å². The molecule has 0 aromatic heterocycles. The second-order valence-electron chi connectivity index (χ2n) is 12.8. The Morgan fingerprint density at radius 1 is 0.605 bits per heavy atom. The topological polar surface area (TPSA) is 111 Å². The lowest BCUT2D eigenvalue weighted by atomic mass is 10.1. The van der Waals surface area contributed by atoms with Crippen molar-refractivity contribution in [2.45, 2.75) is 155 Å². The Morgan fingerprint density at radius 3 is 1.49 bits per heavy atom. The molecule has 0 amide bonds. The number of carboxylic acid groups (broad SMARTS) is 1. The number of quaternary nitrogens is 1. The molecule has 43 heavy (non-hydrogen) atoms. The molecule has 9 heteroatoms. The van der Waals surface area contributed by atoms with Crippen LogP contribution in [0.5, 0.6) is 0 Å². The zero-order chi connectivity index (χ0) is 32.2. The van der Waals surface area contributed by atoms with Crippen molar-refractivity contribution in [2.24, 2.45) is 0 Å². The number of likely N-dealkylation sites (N-methyl/N-ethyl adjacent to an activating group) is 1. The minimum absolute atomic E-state index is 0.152. The van der Waals surface area contributed by atoms with Crippen LogP contribution in [0.15, 0.2) is 0 Å². The Bertz CT molecular complexity index is 694. The normalized spacial score (nSPS) is 13.0. The highest BCUT2D eigenvalue weighted by molar-refractivity contribution is 5.70. The van der Waals surface area contributed by atoms with Crippen molar-refractivity contribution in [1.82, 2.24) is 0 Å². The second kappa shape index (κ2) is 27.8. The summed E-state index contributed by atoms with van der Waals surface area (Å²) < 4.78 is 22.3. The molecule has 0 aliphatic rings. The Balaban J connectivity index is 4.58. The van der Waals surface area contributed by atoms with E-state index in [2.05, 4.69) is 13.8 Å². The molecule has 2 unspecified atom stereocenters.